The van der Waals surface area contributed by atoms with E-state index in [0.29, 0.717) is 28.3 Å². The van der Waals surface area contributed by atoms with Crippen LogP contribution in [0.1, 0.15) is 131 Å². The molecule has 3 fully saturated rings. The monoisotopic (exact) mass is 955 g/mol. The second kappa shape index (κ2) is 18.6. The van der Waals surface area contributed by atoms with Crippen LogP contribution < -0.4 is 10.9 Å². The molecule has 6 aromatic rings. The summed E-state index contributed by atoms with van der Waals surface area (Å²) in [6, 6.07) is 19.2. The fraction of sp³-hybridized carbons (Fsp3) is 0.491. The second-order valence-electron chi connectivity index (χ2n) is 20.7. The number of β-amino-alcohol motifs (C(OH)–C–C–N with tert-alkyl or cyclic N) is 1. The van der Waals surface area contributed by atoms with Gasteiger partial charge in [-0.1, -0.05) is 73.1 Å². The molecule has 1 saturated carbocycles. The number of nitrogens with one attached hydrogen (secondary N) is 1. The minimum Gasteiger partial charge on any atom is -0.391 e. The van der Waals surface area contributed by atoms with Gasteiger partial charge in [-0.05, 0) is 144 Å². The highest BCUT2D eigenvalue weighted by Gasteiger charge is 2.44. The number of aryl methyl sites for hydroxylation is 1. The fourth-order valence-corrected chi connectivity index (χ4v) is 13.0. The Morgan fingerprint density at radius 1 is 0.971 bits per heavy atom. The summed E-state index contributed by atoms with van der Waals surface area (Å²) in [5.41, 5.74) is 9.59. The van der Waals surface area contributed by atoms with Crippen molar-refractivity contribution in [1.29, 1.82) is 0 Å². The zero-order valence-corrected chi connectivity index (χ0v) is 41.4. The van der Waals surface area contributed by atoms with Crippen molar-refractivity contribution in [1.82, 2.24) is 44.6 Å². The number of amides is 2. The summed E-state index contributed by atoms with van der Waals surface area (Å²) in [5.74, 6) is 1.06. The van der Waals surface area contributed by atoms with Crippen molar-refractivity contribution in [3.63, 3.8) is 0 Å². The molecule has 4 aliphatic rings. The Kier molecular flexibility index (Phi) is 12.7. The maximum Gasteiger partial charge on any atom is 0.282 e. The van der Waals surface area contributed by atoms with E-state index in [4.69, 9.17) is 11.6 Å². The summed E-state index contributed by atoms with van der Waals surface area (Å²) in [6.45, 7) is 14.5. The number of aliphatic hydroxyl groups is 1. The van der Waals surface area contributed by atoms with E-state index in [1.807, 2.05) is 75.8 Å². The molecule has 10 rings (SSSR count). The van der Waals surface area contributed by atoms with Gasteiger partial charge in [-0.2, -0.15) is 4.98 Å². The van der Waals surface area contributed by atoms with Crippen molar-refractivity contribution in [2.75, 3.05) is 19.6 Å². The highest BCUT2D eigenvalue weighted by molar-refractivity contribution is 7.13. The first-order valence-corrected chi connectivity index (χ1v) is 25.7. The van der Waals surface area contributed by atoms with Gasteiger partial charge < -0.3 is 20.2 Å². The van der Waals surface area contributed by atoms with Gasteiger partial charge in [0, 0.05) is 25.2 Å². The number of likely N-dealkylation sites (tertiary alicyclic amines) is 2. The molecule has 2 amide bonds. The van der Waals surface area contributed by atoms with Gasteiger partial charge in [-0.3, -0.25) is 19.0 Å². The van der Waals surface area contributed by atoms with Gasteiger partial charge in [0.2, 0.25) is 11.8 Å². The number of fused-ring (bicyclic) bond motifs is 5. The van der Waals surface area contributed by atoms with Gasteiger partial charge >= 0.3 is 0 Å². The van der Waals surface area contributed by atoms with E-state index in [1.54, 1.807) is 27.0 Å². The maximum atomic E-state index is 14.4. The lowest BCUT2D eigenvalue weighted by Gasteiger charge is -2.41. The Morgan fingerprint density at radius 3 is 2.41 bits per heavy atom. The number of nitrogens with zero attached hydrogens (tertiary/aromatic N) is 8. The number of carbonyl (C=O) groups is 2. The smallest absolute Gasteiger partial charge is 0.282 e. The molecule has 0 radical (unpaired) electrons. The molecule has 2 N–H and O–H groups in total. The van der Waals surface area contributed by atoms with Crippen LogP contribution in [0.4, 0.5) is 0 Å². The van der Waals surface area contributed by atoms with E-state index in [-0.39, 0.29) is 42.3 Å². The van der Waals surface area contributed by atoms with Crippen molar-refractivity contribution in [3.05, 3.63) is 122 Å². The molecule has 2 saturated heterocycles. The third-order valence-electron chi connectivity index (χ3n) is 15.5. The molecule has 15 heteroatoms. The fourth-order valence-electron chi connectivity index (χ4n) is 12.0. The average molecular weight is 957 g/mol. The highest BCUT2D eigenvalue weighted by Crippen LogP contribution is 2.48. The van der Waals surface area contributed by atoms with Crippen molar-refractivity contribution >= 4 is 45.7 Å². The van der Waals surface area contributed by atoms with Gasteiger partial charge in [-0.15, -0.1) is 16.4 Å². The first kappa shape index (κ1) is 46.4. The summed E-state index contributed by atoms with van der Waals surface area (Å²) < 4.78 is 3.84. The molecule has 3 aromatic heterocycles. The lowest BCUT2D eigenvalue weighted by molar-refractivity contribution is -0.142. The van der Waals surface area contributed by atoms with Crippen LogP contribution in [0.5, 0.6) is 0 Å². The summed E-state index contributed by atoms with van der Waals surface area (Å²) in [5, 5.41) is 23.9. The number of carbonyl (C=O) groups excluding carboxylic acids is 2. The molecule has 0 spiro atoms. The lowest BCUT2D eigenvalue weighted by atomic mass is 9.76. The summed E-state index contributed by atoms with van der Waals surface area (Å²) >= 11 is 8.15. The Bertz CT molecular complexity index is 2910. The molecule has 6 heterocycles. The molecular weight excluding hydrogens is 894 g/mol. The Labute approximate surface area is 406 Å². The van der Waals surface area contributed by atoms with E-state index in [2.05, 4.69) is 67.1 Å². The third kappa shape index (κ3) is 8.49. The maximum absolute atomic E-state index is 14.4. The summed E-state index contributed by atoms with van der Waals surface area (Å²) in [7, 11) is 0. The van der Waals surface area contributed by atoms with E-state index in [9.17, 15) is 19.5 Å². The normalized spacial score (nSPS) is 22.6. The van der Waals surface area contributed by atoms with Gasteiger partial charge in [0.15, 0.2) is 0 Å². The number of hydrogen-bond donors (Lipinski definition) is 2. The van der Waals surface area contributed by atoms with Crippen LogP contribution in [0, 0.1) is 18.8 Å². The molecule has 0 bridgehead atoms. The minimum atomic E-state index is -0.794. The van der Waals surface area contributed by atoms with Crippen LogP contribution in [0.15, 0.2) is 77.2 Å². The van der Waals surface area contributed by atoms with Crippen LogP contribution in [0.2, 0.25) is 5.02 Å². The molecule has 356 valence electrons. The van der Waals surface area contributed by atoms with E-state index in [1.165, 1.54) is 11.1 Å². The average Bonchev–Trinajstić information content (AvgIpc) is 4.12. The predicted molar refractivity (Wildman–Crippen MR) is 266 cm³/mol. The molecule has 1 aliphatic carbocycles. The number of rotatable bonds is 11. The van der Waals surface area contributed by atoms with Crippen molar-refractivity contribution in [3.8, 4) is 16.1 Å². The van der Waals surface area contributed by atoms with Crippen molar-refractivity contribution in [2.24, 2.45) is 11.8 Å². The number of benzene rings is 3. The number of thiazole rings is 1. The van der Waals surface area contributed by atoms with E-state index >= 15 is 0 Å². The first-order valence-electron chi connectivity index (χ1n) is 24.5. The Morgan fingerprint density at radius 2 is 1.71 bits per heavy atom. The zero-order valence-electron chi connectivity index (χ0n) is 39.9. The van der Waals surface area contributed by atoms with Crippen LogP contribution >= 0.6 is 22.9 Å². The number of halogens is 1. The molecular formula is C53H62ClN9O4S. The quantitative estimate of drug-likeness (QED) is 0.130. The minimum absolute atomic E-state index is 0.0931. The van der Waals surface area contributed by atoms with Gasteiger partial charge in [0.1, 0.15) is 17.9 Å². The Balaban J connectivity index is 0.739. The van der Waals surface area contributed by atoms with Crippen LogP contribution in [-0.2, 0) is 21.4 Å². The molecule has 3 aromatic carbocycles. The van der Waals surface area contributed by atoms with Crippen LogP contribution in [0.3, 0.4) is 0 Å². The van der Waals surface area contributed by atoms with E-state index in [0.717, 1.165) is 102 Å². The second-order valence-corrected chi connectivity index (χ2v) is 21.9. The third-order valence-corrected chi connectivity index (χ3v) is 16.8. The number of aliphatic hydroxyl groups excluding tert-OH is 1. The number of piperidine rings is 1. The van der Waals surface area contributed by atoms with E-state index < -0.39 is 23.6 Å². The van der Waals surface area contributed by atoms with Gasteiger partial charge in [0.05, 0.1) is 60.9 Å². The molecule has 0 unspecified atom stereocenters. The standard InChI is InChI=1S/C53H62ClN9O4S/c1-30(2)47(51(67)61-28-39(64)26-44(61)49(65)56-31(3)34-15-17-36(18-16-34)48-32(4)55-29-68-48)62-27-37(58-59-62)25-33-13-19-38(20-14-33)60-23-21-35(22-24-60)40-9-7-12-43-46(40)53(5,6)52-57-50(66)45-41(54)10-8-11-42(45)63(43)52/h7-12,15-18,27,29-31,33,35,38-39,44,47,64H,13-14,19-26,28H2,1-6H3,(H,56,65)/t31-,33?,38?,39+,44-,47-/m0/s1. The van der Waals surface area contributed by atoms with Crippen molar-refractivity contribution < 1.29 is 14.7 Å². The van der Waals surface area contributed by atoms with Gasteiger partial charge in [-0.25, -0.2) is 9.67 Å². The Hall–Kier alpha value is -5.28. The number of aromatic nitrogens is 6. The molecule has 3 aliphatic heterocycles. The first-order chi connectivity index (χ1) is 32.7. The largest absolute Gasteiger partial charge is 0.391 e. The molecule has 4 atom stereocenters. The molecule has 13 nitrogen and oxygen atoms in total. The SMILES string of the molecule is Cc1ncsc1-c1ccc([C@H](C)NC(=O)[C@@H]2C[C@@H](O)CN2C(=O)[C@H](C(C)C)n2cc(CC3CCC(N4CCC(c5cccc6c5C(C)(C)c5nc(=O)c7c(Cl)cccc7n5-6)CC4)CC3)nn2)cc1. The summed E-state index contributed by atoms with van der Waals surface area (Å²) in [6.07, 6.45) is 8.81. The van der Waals surface area contributed by atoms with Crippen LogP contribution in [0.25, 0.3) is 27.0 Å². The summed E-state index contributed by atoms with van der Waals surface area (Å²) in [4.78, 5) is 55.8. The highest BCUT2D eigenvalue weighted by atomic mass is 35.5. The topological polar surface area (TPSA) is 151 Å². The lowest BCUT2D eigenvalue weighted by Crippen LogP contribution is -2.49. The predicted octanol–water partition coefficient (Wildman–Crippen LogP) is 8.72. The van der Waals surface area contributed by atoms with Crippen LogP contribution in [-0.4, -0.2) is 94.1 Å². The van der Waals surface area contributed by atoms with Crippen molar-refractivity contribution in [2.45, 2.75) is 135 Å². The number of hydrogen-bond acceptors (Lipinski definition) is 10. The molecule has 68 heavy (non-hydrogen) atoms. The van der Waals surface area contributed by atoms with Gasteiger partial charge in [0.25, 0.3) is 5.56 Å². The zero-order chi connectivity index (χ0) is 47.6.